The fraction of sp³-hybridized carbons (Fsp3) is 0.227. The molecule has 7 nitrogen and oxygen atoms in total. The number of hydrogen-bond acceptors (Lipinski definition) is 7. The molecule has 0 aliphatic rings. The highest BCUT2D eigenvalue weighted by molar-refractivity contribution is 7.89. The minimum atomic E-state index is -3.13. The van der Waals surface area contributed by atoms with E-state index in [1.54, 1.807) is 17.5 Å². The molecule has 3 aromatic rings. The van der Waals surface area contributed by atoms with E-state index in [0.717, 1.165) is 17.5 Å². The SMILES string of the molecule is Cc1ccccc1NC(=O)Cc1nc(COC(=O)c2ccc(CS(C)(=O)=O)cc2)cs1. The molecule has 0 radical (unpaired) electrons. The van der Waals surface area contributed by atoms with Crippen molar-refractivity contribution in [3.63, 3.8) is 0 Å². The minimum absolute atomic E-state index is 0.0141. The maximum Gasteiger partial charge on any atom is 0.338 e. The van der Waals surface area contributed by atoms with E-state index in [0.29, 0.717) is 21.8 Å². The van der Waals surface area contributed by atoms with Crippen LogP contribution in [0.4, 0.5) is 5.69 Å². The molecule has 0 spiro atoms. The smallest absolute Gasteiger partial charge is 0.338 e. The van der Waals surface area contributed by atoms with Gasteiger partial charge < -0.3 is 10.1 Å². The van der Waals surface area contributed by atoms with Crippen molar-refractivity contribution < 1.29 is 22.7 Å². The van der Waals surface area contributed by atoms with Crippen LogP contribution in [0.15, 0.2) is 53.9 Å². The number of ether oxygens (including phenoxy) is 1. The van der Waals surface area contributed by atoms with Gasteiger partial charge in [-0.25, -0.2) is 18.2 Å². The zero-order valence-electron chi connectivity index (χ0n) is 17.1. The van der Waals surface area contributed by atoms with Gasteiger partial charge >= 0.3 is 5.97 Å². The van der Waals surface area contributed by atoms with Crippen LogP contribution >= 0.6 is 11.3 Å². The Morgan fingerprint density at radius 1 is 1.10 bits per heavy atom. The van der Waals surface area contributed by atoms with Crippen LogP contribution in [0.2, 0.25) is 0 Å². The Balaban J connectivity index is 1.51. The first-order chi connectivity index (χ1) is 14.7. The topological polar surface area (TPSA) is 102 Å². The van der Waals surface area contributed by atoms with Crippen molar-refractivity contribution in [1.29, 1.82) is 0 Å². The molecule has 0 fully saturated rings. The normalized spacial score (nSPS) is 11.2. The lowest BCUT2D eigenvalue weighted by Crippen LogP contribution is -2.15. The zero-order valence-corrected chi connectivity index (χ0v) is 18.8. The molecule has 0 aliphatic carbocycles. The summed E-state index contributed by atoms with van der Waals surface area (Å²) >= 11 is 1.33. The first kappa shape index (κ1) is 22.6. The van der Waals surface area contributed by atoms with E-state index < -0.39 is 15.8 Å². The standard InChI is InChI=1S/C22H22N2O5S2/c1-15-5-3-4-6-19(15)24-20(25)11-21-23-18(13-30-21)12-29-22(26)17-9-7-16(8-10-17)14-31(2,27)28/h3-10,13H,11-12,14H2,1-2H3,(H,24,25). The van der Waals surface area contributed by atoms with Gasteiger partial charge in [-0.3, -0.25) is 4.79 Å². The van der Waals surface area contributed by atoms with Crippen molar-refractivity contribution in [2.24, 2.45) is 0 Å². The number of aromatic nitrogens is 1. The molecular weight excluding hydrogens is 436 g/mol. The Morgan fingerprint density at radius 3 is 2.48 bits per heavy atom. The van der Waals surface area contributed by atoms with Crippen molar-refractivity contribution in [2.75, 3.05) is 11.6 Å². The average molecular weight is 459 g/mol. The first-order valence-corrected chi connectivity index (χ1v) is 12.4. The Labute approximate surface area is 185 Å². The van der Waals surface area contributed by atoms with E-state index in [2.05, 4.69) is 10.3 Å². The van der Waals surface area contributed by atoms with Gasteiger partial charge in [0.1, 0.15) is 11.6 Å². The summed E-state index contributed by atoms with van der Waals surface area (Å²) in [5, 5.41) is 5.24. The van der Waals surface area contributed by atoms with Crippen molar-refractivity contribution in [3.05, 3.63) is 81.3 Å². The van der Waals surface area contributed by atoms with Crippen LogP contribution in [0.25, 0.3) is 0 Å². The van der Waals surface area contributed by atoms with Gasteiger partial charge in [0.2, 0.25) is 5.91 Å². The summed E-state index contributed by atoms with van der Waals surface area (Å²) in [4.78, 5) is 28.8. The van der Waals surface area contributed by atoms with Crippen LogP contribution in [0, 0.1) is 6.92 Å². The quantitative estimate of drug-likeness (QED) is 0.518. The highest BCUT2D eigenvalue weighted by atomic mass is 32.2. The predicted octanol–water partition coefficient (Wildman–Crippen LogP) is 3.53. The number of thiazole rings is 1. The van der Waals surface area contributed by atoms with E-state index in [9.17, 15) is 18.0 Å². The van der Waals surface area contributed by atoms with Crippen LogP contribution in [-0.2, 0) is 38.1 Å². The number of nitrogens with zero attached hydrogens (tertiary/aromatic N) is 1. The highest BCUT2D eigenvalue weighted by Gasteiger charge is 2.13. The summed E-state index contributed by atoms with van der Waals surface area (Å²) in [6, 6.07) is 13.8. The van der Waals surface area contributed by atoms with E-state index in [1.165, 1.54) is 23.5 Å². The number of anilines is 1. The summed E-state index contributed by atoms with van der Waals surface area (Å²) in [6.45, 7) is 1.91. The molecule has 1 heterocycles. The molecule has 1 N–H and O–H groups in total. The number of rotatable bonds is 8. The lowest BCUT2D eigenvalue weighted by Gasteiger charge is -2.06. The lowest BCUT2D eigenvalue weighted by molar-refractivity contribution is -0.115. The number of hydrogen-bond donors (Lipinski definition) is 1. The van der Waals surface area contributed by atoms with Crippen LogP contribution < -0.4 is 5.32 Å². The van der Waals surface area contributed by atoms with Crippen molar-refractivity contribution in [1.82, 2.24) is 4.98 Å². The van der Waals surface area contributed by atoms with E-state index >= 15 is 0 Å². The fourth-order valence-electron chi connectivity index (χ4n) is 2.80. The maximum atomic E-state index is 12.2. The van der Waals surface area contributed by atoms with Crippen LogP contribution in [0.5, 0.6) is 0 Å². The van der Waals surface area contributed by atoms with Gasteiger partial charge in [0, 0.05) is 17.3 Å². The Morgan fingerprint density at radius 2 is 1.81 bits per heavy atom. The van der Waals surface area contributed by atoms with Crippen molar-refractivity contribution >= 4 is 38.7 Å². The van der Waals surface area contributed by atoms with Gasteiger partial charge in [0.25, 0.3) is 0 Å². The van der Waals surface area contributed by atoms with Crippen LogP contribution in [0.1, 0.15) is 32.2 Å². The van der Waals surface area contributed by atoms with Crippen molar-refractivity contribution in [3.8, 4) is 0 Å². The monoisotopic (exact) mass is 458 g/mol. The summed E-state index contributed by atoms with van der Waals surface area (Å²) < 4.78 is 27.9. The molecule has 31 heavy (non-hydrogen) atoms. The van der Waals surface area contributed by atoms with Gasteiger partial charge in [0.15, 0.2) is 9.84 Å². The molecule has 1 amide bonds. The number of benzene rings is 2. The van der Waals surface area contributed by atoms with Crippen LogP contribution in [0.3, 0.4) is 0 Å². The van der Waals surface area contributed by atoms with E-state index in [1.807, 2.05) is 31.2 Å². The zero-order chi connectivity index (χ0) is 22.4. The number of para-hydroxylation sites is 1. The number of esters is 1. The lowest BCUT2D eigenvalue weighted by atomic mass is 10.1. The Bertz CT molecular complexity index is 1180. The summed E-state index contributed by atoms with van der Waals surface area (Å²) in [7, 11) is -3.13. The maximum absolute atomic E-state index is 12.2. The third kappa shape index (κ3) is 7.01. The van der Waals surface area contributed by atoms with Crippen molar-refractivity contribution in [2.45, 2.75) is 25.7 Å². The summed E-state index contributed by atoms with van der Waals surface area (Å²) in [5.74, 6) is -0.777. The first-order valence-electron chi connectivity index (χ1n) is 9.42. The molecule has 0 aliphatic heterocycles. The molecule has 9 heteroatoms. The van der Waals surface area contributed by atoms with Gasteiger partial charge in [-0.1, -0.05) is 30.3 Å². The molecule has 0 saturated heterocycles. The number of aryl methyl sites for hydroxylation is 1. The average Bonchev–Trinajstić information content (AvgIpc) is 3.14. The number of carbonyl (C=O) groups excluding carboxylic acids is 2. The molecule has 0 unspecified atom stereocenters. The summed E-state index contributed by atoms with van der Waals surface area (Å²) in [6.07, 6.45) is 1.29. The fourth-order valence-corrected chi connectivity index (χ4v) is 4.38. The van der Waals surface area contributed by atoms with E-state index in [-0.39, 0.29) is 24.7 Å². The predicted molar refractivity (Wildman–Crippen MR) is 120 cm³/mol. The highest BCUT2D eigenvalue weighted by Crippen LogP contribution is 2.16. The number of nitrogens with one attached hydrogen (secondary N) is 1. The van der Waals surface area contributed by atoms with Gasteiger partial charge in [-0.15, -0.1) is 11.3 Å². The molecular formula is C22H22N2O5S2. The number of carbonyl (C=O) groups is 2. The van der Waals surface area contributed by atoms with Gasteiger partial charge in [-0.05, 0) is 36.2 Å². The largest absolute Gasteiger partial charge is 0.456 e. The van der Waals surface area contributed by atoms with Gasteiger partial charge in [-0.2, -0.15) is 0 Å². The molecule has 2 aromatic carbocycles. The number of amides is 1. The molecule has 0 atom stereocenters. The van der Waals surface area contributed by atoms with Gasteiger partial charge in [0.05, 0.1) is 23.4 Å². The Kier molecular flexibility index (Phi) is 7.19. The summed E-state index contributed by atoms with van der Waals surface area (Å²) in [5.41, 5.74) is 3.23. The third-order valence-electron chi connectivity index (χ3n) is 4.30. The molecule has 0 bridgehead atoms. The molecule has 3 rings (SSSR count). The van der Waals surface area contributed by atoms with E-state index in [4.69, 9.17) is 4.74 Å². The molecule has 162 valence electrons. The van der Waals surface area contributed by atoms with Crippen LogP contribution in [-0.4, -0.2) is 31.5 Å². The third-order valence-corrected chi connectivity index (χ3v) is 6.06. The minimum Gasteiger partial charge on any atom is -0.456 e. The molecule has 1 aromatic heterocycles. The number of sulfone groups is 1. The second kappa shape index (κ2) is 9.84. The second-order valence-corrected chi connectivity index (χ2v) is 10.2. The second-order valence-electron chi connectivity index (χ2n) is 7.12. The Hall–Kier alpha value is -3.04. The molecule has 0 saturated carbocycles.